The van der Waals surface area contributed by atoms with Crippen LogP contribution in [0, 0.1) is 13.8 Å². The molecule has 12 heavy (non-hydrogen) atoms. The van der Waals surface area contributed by atoms with Crippen LogP contribution in [0.4, 0.5) is 0 Å². The van der Waals surface area contributed by atoms with Gasteiger partial charge in [0.1, 0.15) is 0 Å². The minimum absolute atomic E-state index is 0.767. The largest absolute Gasteiger partial charge is 0.143 e. The van der Waals surface area contributed by atoms with Gasteiger partial charge in [-0.3, -0.25) is 0 Å². The second kappa shape index (κ2) is 3.58. The lowest BCUT2D eigenvalue weighted by Gasteiger charge is -2.07. The van der Waals surface area contributed by atoms with Crippen LogP contribution in [0.2, 0.25) is 0 Å². The van der Waals surface area contributed by atoms with E-state index in [4.69, 9.17) is 0 Å². The zero-order valence-electron chi connectivity index (χ0n) is 7.26. The van der Waals surface area contributed by atoms with Crippen molar-refractivity contribution >= 4 is 30.2 Å². The van der Waals surface area contributed by atoms with Gasteiger partial charge in [0.25, 0.3) is 0 Å². The molecule has 0 radical (unpaired) electrons. The van der Waals surface area contributed by atoms with E-state index in [2.05, 4.69) is 51.8 Å². The Bertz CT molecular complexity index is 327. The van der Waals surface area contributed by atoms with Gasteiger partial charge in [0.15, 0.2) is 0 Å². The second-order valence-electron chi connectivity index (χ2n) is 2.90. The summed E-state index contributed by atoms with van der Waals surface area (Å²) in [6.07, 6.45) is 0. The summed E-state index contributed by atoms with van der Waals surface area (Å²) in [4.78, 5) is 1.71. The van der Waals surface area contributed by atoms with Crippen molar-refractivity contribution in [3.05, 3.63) is 35.4 Å². The zero-order valence-corrected chi connectivity index (χ0v) is 9.05. The predicted octanol–water partition coefficient (Wildman–Crippen LogP) is 3.49. The zero-order chi connectivity index (χ0) is 9.30. The molecule has 0 saturated carbocycles. The van der Waals surface area contributed by atoms with Crippen molar-refractivity contribution in [2.75, 3.05) is 0 Å². The molecule has 0 atom stereocenters. The third kappa shape index (κ3) is 1.87. The lowest BCUT2D eigenvalue weighted by atomic mass is 10.1. The Labute approximate surface area is 84.5 Å². The lowest BCUT2D eigenvalue weighted by Crippen LogP contribution is -1.86. The van der Waals surface area contributed by atoms with Crippen LogP contribution in [-0.4, -0.2) is 0 Å². The average molecular weight is 196 g/mol. The van der Waals surface area contributed by atoms with Gasteiger partial charge in [-0.2, -0.15) is 0 Å². The normalized spacial score (nSPS) is 10.0. The topological polar surface area (TPSA) is 0 Å². The van der Waals surface area contributed by atoms with E-state index < -0.39 is 0 Å². The Hall–Kier alpha value is -0.340. The summed E-state index contributed by atoms with van der Waals surface area (Å²) in [5, 5.41) is 0. The first-order chi connectivity index (χ1) is 5.52. The van der Waals surface area contributed by atoms with E-state index in [1.54, 1.807) is 0 Å². The van der Waals surface area contributed by atoms with Gasteiger partial charge in [-0.05, 0) is 37.1 Å². The summed E-state index contributed by atoms with van der Waals surface area (Å²) in [5.41, 5.74) is 3.51. The fourth-order valence-electron chi connectivity index (χ4n) is 1.03. The summed E-state index contributed by atoms with van der Waals surface area (Å²) in [6.45, 7) is 7.91. The molecule has 1 rings (SSSR count). The predicted molar refractivity (Wildman–Crippen MR) is 61.2 cm³/mol. The van der Waals surface area contributed by atoms with Gasteiger partial charge < -0.3 is 0 Å². The molecule has 0 heterocycles. The van der Waals surface area contributed by atoms with Gasteiger partial charge in [0.05, 0.1) is 0 Å². The van der Waals surface area contributed by atoms with Gasteiger partial charge in [-0.25, -0.2) is 0 Å². The van der Waals surface area contributed by atoms with Crippen LogP contribution in [0.5, 0.6) is 0 Å². The molecule has 0 saturated heterocycles. The van der Waals surface area contributed by atoms with Crippen molar-refractivity contribution in [2.45, 2.75) is 18.7 Å². The van der Waals surface area contributed by atoms with Crippen LogP contribution in [-0.2, 0) is 0 Å². The molecular formula is C10H12S2. The third-order valence-electron chi connectivity index (χ3n) is 1.92. The van der Waals surface area contributed by atoms with Crippen molar-refractivity contribution in [3.8, 4) is 0 Å². The Kier molecular flexibility index (Phi) is 2.91. The number of hydrogen-bond donors (Lipinski definition) is 2. The molecule has 64 valence electrons. The van der Waals surface area contributed by atoms with E-state index in [0.29, 0.717) is 0 Å². The van der Waals surface area contributed by atoms with E-state index in [-0.39, 0.29) is 0 Å². The molecule has 1 aromatic carbocycles. The molecule has 0 aliphatic heterocycles. The SMILES string of the molecule is C=C(S)c1cc(C)c(C)cc1S. The van der Waals surface area contributed by atoms with Crippen LogP contribution >= 0.6 is 25.3 Å². The van der Waals surface area contributed by atoms with E-state index in [1.807, 2.05) is 6.07 Å². The van der Waals surface area contributed by atoms with Crippen molar-refractivity contribution in [1.82, 2.24) is 0 Å². The van der Waals surface area contributed by atoms with Crippen molar-refractivity contribution in [2.24, 2.45) is 0 Å². The van der Waals surface area contributed by atoms with Gasteiger partial charge in [0.2, 0.25) is 0 Å². The Morgan fingerprint density at radius 2 is 1.75 bits per heavy atom. The number of hydrogen-bond acceptors (Lipinski definition) is 2. The third-order valence-corrected chi connectivity index (χ3v) is 2.53. The molecule has 0 unspecified atom stereocenters. The molecule has 0 aromatic heterocycles. The second-order valence-corrected chi connectivity index (χ2v) is 3.92. The van der Waals surface area contributed by atoms with Crippen molar-refractivity contribution < 1.29 is 0 Å². The van der Waals surface area contributed by atoms with Crippen LogP contribution in [0.25, 0.3) is 4.91 Å². The number of rotatable bonds is 1. The molecule has 0 amide bonds. The lowest BCUT2D eigenvalue weighted by molar-refractivity contribution is 1.27. The van der Waals surface area contributed by atoms with Crippen LogP contribution < -0.4 is 0 Å². The molecule has 0 aliphatic carbocycles. The summed E-state index contributed by atoms with van der Waals surface area (Å²) in [7, 11) is 0. The summed E-state index contributed by atoms with van der Waals surface area (Å²) < 4.78 is 0. The number of benzene rings is 1. The summed E-state index contributed by atoms with van der Waals surface area (Å²) in [6, 6.07) is 4.10. The van der Waals surface area contributed by atoms with Crippen LogP contribution in [0.15, 0.2) is 23.6 Å². The maximum absolute atomic E-state index is 4.34. The smallest absolute Gasteiger partial charge is 0.0126 e. The Morgan fingerprint density at radius 1 is 1.25 bits per heavy atom. The fraction of sp³-hybridized carbons (Fsp3) is 0.200. The van der Waals surface area contributed by atoms with Crippen LogP contribution in [0.3, 0.4) is 0 Å². The molecule has 0 fully saturated rings. The average Bonchev–Trinajstić information content (AvgIpc) is 1.96. The summed E-state index contributed by atoms with van der Waals surface area (Å²) >= 11 is 8.54. The highest BCUT2D eigenvalue weighted by molar-refractivity contribution is 7.90. The highest BCUT2D eigenvalue weighted by atomic mass is 32.1. The van der Waals surface area contributed by atoms with E-state index in [9.17, 15) is 0 Å². The number of aryl methyl sites for hydroxylation is 2. The van der Waals surface area contributed by atoms with Gasteiger partial charge in [0, 0.05) is 15.4 Å². The van der Waals surface area contributed by atoms with E-state index >= 15 is 0 Å². The molecule has 0 N–H and O–H groups in total. The maximum atomic E-state index is 4.34. The quantitative estimate of drug-likeness (QED) is 0.631. The first-order valence-corrected chi connectivity index (χ1v) is 4.60. The molecule has 0 nitrogen and oxygen atoms in total. The van der Waals surface area contributed by atoms with Crippen molar-refractivity contribution in [3.63, 3.8) is 0 Å². The monoisotopic (exact) mass is 196 g/mol. The molecule has 0 spiro atoms. The minimum atomic E-state index is 0.767. The van der Waals surface area contributed by atoms with Gasteiger partial charge in [-0.15, -0.1) is 25.3 Å². The first-order valence-electron chi connectivity index (χ1n) is 3.71. The van der Waals surface area contributed by atoms with Gasteiger partial charge >= 0.3 is 0 Å². The van der Waals surface area contributed by atoms with Crippen LogP contribution in [0.1, 0.15) is 16.7 Å². The van der Waals surface area contributed by atoms with E-state index in [1.165, 1.54) is 11.1 Å². The Balaban J connectivity index is 3.33. The maximum Gasteiger partial charge on any atom is 0.0126 e. The minimum Gasteiger partial charge on any atom is -0.143 e. The highest BCUT2D eigenvalue weighted by Crippen LogP contribution is 2.26. The number of thiol groups is 2. The van der Waals surface area contributed by atoms with Gasteiger partial charge in [-0.1, -0.05) is 6.58 Å². The first kappa shape index (κ1) is 9.75. The molecule has 0 aliphatic rings. The summed E-state index contributed by atoms with van der Waals surface area (Å²) in [5.74, 6) is 0. The highest BCUT2D eigenvalue weighted by Gasteiger charge is 2.02. The van der Waals surface area contributed by atoms with Crippen molar-refractivity contribution in [1.29, 1.82) is 0 Å². The standard InChI is InChI=1S/C10H12S2/c1-6-4-9(8(3)11)10(12)5-7(6)2/h4-5,11-12H,3H2,1-2H3. The fourth-order valence-corrected chi connectivity index (χ4v) is 1.70. The molecular weight excluding hydrogens is 184 g/mol. The Morgan fingerprint density at radius 3 is 2.25 bits per heavy atom. The molecule has 0 bridgehead atoms. The van der Waals surface area contributed by atoms with E-state index in [0.717, 1.165) is 15.4 Å². The molecule has 1 aromatic rings. The molecule has 2 heteroatoms.